The molecule has 2 amide bonds. The van der Waals surface area contributed by atoms with Crippen LogP contribution in [0.1, 0.15) is 47.1 Å². The van der Waals surface area contributed by atoms with Crippen molar-refractivity contribution in [2.45, 2.75) is 32.9 Å². The molecule has 7 nitrogen and oxygen atoms in total. The molecule has 0 radical (unpaired) electrons. The van der Waals surface area contributed by atoms with E-state index in [1.165, 1.54) is 23.1 Å². The molecule has 1 aromatic carbocycles. The number of carbonyl (C=O) groups is 2. The molecule has 33 heavy (non-hydrogen) atoms. The number of hydrogen-bond donors (Lipinski definition) is 1. The van der Waals surface area contributed by atoms with Crippen LogP contribution in [0.25, 0.3) is 6.08 Å². The Morgan fingerprint density at radius 3 is 2.85 bits per heavy atom. The minimum absolute atomic E-state index is 0.170. The first kappa shape index (κ1) is 24.4. The molecule has 0 saturated carbocycles. The van der Waals surface area contributed by atoms with E-state index in [0.717, 1.165) is 5.56 Å². The lowest BCUT2D eigenvalue weighted by molar-refractivity contribution is 0.0313. The predicted molar refractivity (Wildman–Crippen MR) is 123 cm³/mol. The molecular weight excluding hydrogens is 425 g/mol. The summed E-state index contributed by atoms with van der Waals surface area (Å²) in [6.45, 7) is 5.95. The monoisotopic (exact) mass is 455 g/mol. The number of halogens is 1. The van der Waals surface area contributed by atoms with Gasteiger partial charge in [0.2, 0.25) is 5.88 Å². The van der Waals surface area contributed by atoms with Crippen LogP contribution < -0.4 is 4.74 Å². The van der Waals surface area contributed by atoms with E-state index in [1.54, 1.807) is 37.2 Å². The zero-order valence-electron chi connectivity index (χ0n) is 19.4. The van der Waals surface area contributed by atoms with Crippen LogP contribution in [0.3, 0.4) is 0 Å². The number of rotatable bonds is 6. The van der Waals surface area contributed by atoms with Crippen molar-refractivity contribution < 1.29 is 23.8 Å². The quantitative estimate of drug-likeness (QED) is 0.723. The highest BCUT2D eigenvalue weighted by molar-refractivity contribution is 5.97. The molecule has 0 spiro atoms. The largest absolute Gasteiger partial charge is 0.472 e. The van der Waals surface area contributed by atoms with Gasteiger partial charge in [0, 0.05) is 31.3 Å². The fourth-order valence-corrected chi connectivity index (χ4v) is 3.81. The van der Waals surface area contributed by atoms with E-state index in [1.807, 2.05) is 26.0 Å². The number of pyridine rings is 1. The van der Waals surface area contributed by atoms with Gasteiger partial charge in [-0.2, -0.15) is 0 Å². The zero-order valence-corrected chi connectivity index (χ0v) is 19.4. The van der Waals surface area contributed by atoms with Crippen LogP contribution >= 0.6 is 0 Å². The Balaban J connectivity index is 1.93. The molecule has 0 unspecified atom stereocenters. The summed E-state index contributed by atoms with van der Waals surface area (Å²) in [5.41, 5.74) is 1.31. The fraction of sp³-hybridized carbons (Fsp3) is 0.400. The van der Waals surface area contributed by atoms with Crippen molar-refractivity contribution in [2.24, 2.45) is 5.92 Å². The van der Waals surface area contributed by atoms with Gasteiger partial charge in [-0.25, -0.2) is 9.37 Å². The Bertz CT molecular complexity index is 1040. The van der Waals surface area contributed by atoms with E-state index < -0.39 is 18.0 Å². The lowest BCUT2D eigenvalue weighted by Gasteiger charge is -2.37. The van der Waals surface area contributed by atoms with Gasteiger partial charge in [-0.15, -0.1) is 0 Å². The smallest absolute Gasteiger partial charge is 0.259 e. The van der Waals surface area contributed by atoms with Crippen LogP contribution in [-0.2, 0) is 0 Å². The van der Waals surface area contributed by atoms with E-state index in [2.05, 4.69) is 4.98 Å². The zero-order chi connectivity index (χ0) is 24.1. The molecule has 2 heterocycles. The number of likely N-dealkylation sites (N-methyl/N-ethyl adjacent to an activating group) is 1. The Morgan fingerprint density at radius 2 is 2.18 bits per heavy atom. The van der Waals surface area contributed by atoms with Gasteiger partial charge in [-0.05, 0) is 43.7 Å². The Morgan fingerprint density at radius 1 is 1.42 bits per heavy atom. The van der Waals surface area contributed by atoms with Crippen molar-refractivity contribution in [2.75, 3.05) is 26.7 Å². The van der Waals surface area contributed by atoms with Gasteiger partial charge in [0.15, 0.2) is 0 Å². The first-order valence-electron chi connectivity index (χ1n) is 11.0. The van der Waals surface area contributed by atoms with Gasteiger partial charge in [0.1, 0.15) is 17.5 Å². The number of carbonyl (C=O) groups excluding carboxylic acids is 2. The molecule has 0 saturated heterocycles. The predicted octanol–water partition coefficient (Wildman–Crippen LogP) is 3.25. The molecule has 176 valence electrons. The van der Waals surface area contributed by atoms with Crippen LogP contribution in [0.5, 0.6) is 5.88 Å². The molecule has 2 aromatic rings. The van der Waals surface area contributed by atoms with Gasteiger partial charge >= 0.3 is 0 Å². The van der Waals surface area contributed by atoms with E-state index in [4.69, 9.17) is 4.74 Å². The highest BCUT2D eigenvalue weighted by atomic mass is 19.1. The van der Waals surface area contributed by atoms with Gasteiger partial charge in [0.25, 0.3) is 11.8 Å². The van der Waals surface area contributed by atoms with Crippen molar-refractivity contribution in [3.8, 4) is 5.88 Å². The van der Waals surface area contributed by atoms with Gasteiger partial charge in [-0.1, -0.05) is 25.1 Å². The maximum atomic E-state index is 13.6. The average Bonchev–Trinajstić information content (AvgIpc) is 2.80. The first-order chi connectivity index (χ1) is 15.7. The number of aromatic nitrogens is 1. The lowest BCUT2D eigenvalue weighted by Crippen LogP contribution is -2.50. The number of fused-ring (bicyclic) bond motifs is 1. The fourth-order valence-electron chi connectivity index (χ4n) is 3.81. The third-order valence-corrected chi connectivity index (χ3v) is 5.77. The van der Waals surface area contributed by atoms with Crippen molar-refractivity contribution in [3.05, 3.63) is 65.1 Å². The molecule has 1 aliphatic heterocycles. The summed E-state index contributed by atoms with van der Waals surface area (Å²) >= 11 is 0. The van der Waals surface area contributed by atoms with Crippen LogP contribution in [0.2, 0.25) is 0 Å². The van der Waals surface area contributed by atoms with Crippen molar-refractivity contribution in [3.63, 3.8) is 0 Å². The number of nitrogens with zero attached hydrogens (tertiary/aromatic N) is 3. The summed E-state index contributed by atoms with van der Waals surface area (Å²) in [5.74, 6) is -1.06. The minimum Gasteiger partial charge on any atom is -0.472 e. The SMILES string of the molecule is C/C=C/c1cnc2c(c1)C(=O)N([C@@H](C)CO)C[C@@H](C)[C@@H](CN(C)C(=O)c1cccc(F)c1)O2. The minimum atomic E-state index is -0.480. The molecular formula is C25H30FN3O4. The number of amides is 2. The van der Waals surface area contributed by atoms with E-state index in [0.29, 0.717) is 12.1 Å². The van der Waals surface area contributed by atoms with E-state index >= 15 is 0 Å². The highest BCUT2D eigenvalue weighted by Crippen LogP contribution is 2.28. The molecule has 1 N–H and O–H groups in total. The van der Waals surface area contributed by atoms with E-state index in [-0.39, 0.29) is 42.3 Å². The summed E-state index contributed by atoms with van der Waals surface area (Å²) in [7, 11) is 1.63. The molecule has 1 aromatic heterocycles. The van der Waals surface area contributed by atoms with Crippen LogP contribution in [0.4, 0.5) is 4.39 Å². The van der Waals surface area contributed by atoms with Crippen LogP contribution in [-0.4, -0.2) is 70.6 Å². The summed E-state index contributed by atoms with van der Waals surface area (Å²) in [4.78, 5) is 33.6. The van der Waals surface area contributed by atoms with Crippen molar-refractivity contribution in [1.82, 2.24) is 14.8 Å². The summed E-state index contributed by atoms with van der Waals surface area (Å²) < 4.78 is 19.8. The first-order valence-corrected chi connectivity index (χ1v) is 11.0. The second-order valence-corrected chi connectivity index (χ2v) is 8.44. The molecule has 8 heteroatoms. The van der Waals surface area contributed by atoms with Gasteiger partial charge in [0.05, 0.1) is 19.2 Å². The Hall–Kier alpha value is -3.26. The standard InChI is InChI=1S/C25H30FN3O4/c1-5-7-18-10-21-23(27-12-18)33-22(16(2)13-29(25(21)32)17(3)15-30)14-28(4)24(31)19-8-6-9-20(26)11-19/h5-12,16-17,22,30H,13-15H2,1-4H3/b7-5+/t16-,17+,22-/m1/s1. The molecule has 0 bridgehead atoms. The number of ether oxygens (including phenoxy) is 1. The summed E-state index contributed by atoms with van der Waals surface area (Å²) in [6, 6.07) is 6.86. The third kappa shape index (κ3) is 5.57. The van der Waals surface area contributed by atoms with Crippen molar-refractivity contribution >= 4 is 17.9 Å². The number of allylic oxidation sites excluding steroid dienone is 1. The maximum absolute atomic E-state index is 13.6. The van der Waals surface area contributed by atoms with Crippen LogP contribution in [0, 0.1) is 11.7 Å². The number of aliphatic hydroxyl groups excluding tert-OH is 1. The second kappa shape index (κ2) is 10.6. The lowest BCUT2D eigenvalue weighted by atomic mass is 9.99. The molecule has 0 fully saturated rings. The Labute approximate surface area is 193 Å². The van der Waals surface area contributed by atoms with Gasteiger partial charge in [-0.3, -0.25) is 9.59 Å². The molecule has 1 aliphatic rings. The van der Waals surface area contributed by atoms with Crippen molar-refractivity contribution in [1.29, 1.82) is 0 Å². The van der Waals surface area contributed by atoms with Gasteiger partial charge < -0.3 is 19.6 Å². The Kier molecular flexibility index (Phi) is 7.81. The number of benzene rings is 1. The number of hydrogen-bond acceptors (Lipinski definition) is 5. The highest BCUT2D eigenvalue weighted by Gasteiger charge is 2.34. The third-order valence-electron chi connectivity index (χ3n) is 5.77. The maximum Gasteiger partial charge on any atom is 0.259 e. The summed E-state index contributed by atoms with van der Waals surface area (Å²) in [5, 5.41) is 9.74. The average molecular weight is 456 g/mol. The number of aliphatic hydroxyl groups is 1. The van der Waals surface area contributed by atoms with Crippen LogP contribution in [0.15, 0.2) is 42.6 Å². The second-order valence-electron chi connectivity index (χ2n) is 8.44. The summed E-state index contributed by atoms with van der Waals surface area (Å²) in [6.07, 6.45) is 4.83. The molecule has 3 atom stereocenters. The molecule has 3 rings (SSSR count). The normalized spacial score (nSPS) is 19.5. The van der Waals surface area contributed by atoms with E-state index in [9.17, 15) is 19.1 Å². The topological polar surface area (TPSA) is 83.0 Å². The molecule has 0 aliphatic carbocycles.